The monoisotopic (exact) mass is 1070 g/mol. The van der Waals surface area contributed by atoms with E-state index in [9.17, 15) is 43.9 Å². The molecule has 0 unspecified atom stereocenters. The SMILES string of the molecule is Cc1cc(C(C)(C)C)c([O][Ti+]([C]2=CC=CC2)[c]2c(F)c(F)c(F)c(F)c2F)c(C(C)(C)C)c1.Cc1cc(C(C)(C)C)c([O][Ti+]([C]2=CC=CC2)[c]2c(F)c(F)c(F)c(F)c2F)c(C(C)(C)C)c1.[Cl-].[Cl-]. The Hall–Kier alpha value is -3.25. The third-order valence-electron chi connectivity index (χ3n) is 11.1. The molecule has 0 aromatic heterocycles. The molecule has 2 aliphatic carbocycles. The number of aryl methyl sites for hydroxylation is 2. The first-order valence-electron chi connectivity index (χ1n) is 21.5. The van der Waals surface area contributed by atoms with Crippen LogP contribution in [0.2, 0.25) is 0 Å². The van der Waals surface area contributed by atoms with Crippen molar-refractivity contribution in [3.63, 3.8) is 0 Å². The molecule has 4 aromatic rings. The first-order valence-corrected chi connectivity index (χ1v) is 25.8. The summed E-state index contributed by atoms with van der Waals surface area (Å²) in [5.74, 6) is -18.4. The molecule has 0 N–H and O–H groups in total. The number of benzene rings is 4. The predicted octanol–water partition coefficient (Wildman–Crippen LogP) is 8.74. The van der Waals surface area contributed by atoms with Gasteiger partial charge >= 0.3 is 398 Å². The molecule has 2 nitrogen and oxygen atoms in total. The Bertz CT molecular complexity index is 2370. The van der Waals surface area contributed by atoms with Gasteiger partial charge in [-0.2, -0.15) is 0 Å². The molecule has 0 saturated carbocycles. The van der Waals surface area contributed by atoms with Crippen molar-refractivity contribution in [1.82, 2.24) is 0 Å². The standard InChI is InChI=1S/2C15H24O.2C6F5.2C5H5.2ClH.2Ti/c2*1-10-8-11(14(2,3)4)13(16)12(9-10)15(5,6)7;2*7-2-1-3(8)5(10)6(11)4(2)9;2*1-2-4-5-3-1;;;;/h2*8-9,16H,1-7H3;;;2*1-3H,4H2;2*1H;;/q;;;;;;;;2*+2/p-4. The minimum absolute atomic E-state index is 0. The van der Waals surface area contributed by atoms with Gasteiger partial charge in [0, 0.05) is 0 Å². The molecule has 0 saturated heterocycles. The molecular formula is C52H56Cl2F10O2Ti2. The summed E-state index contributed by atoms with van der Waals surface area (Å²) in [6, 6.07) is 7.83. The second-order valence-corrected chi connectivity index (χ2v) is 27.0. The smallest absolute Gasteiger partial charge is 1.00 e. The molecule has 0 heterocycles. The molecule has 0 amide bonds. The van der Waals surface area contributed by atoms with E-state index < -0.39 is 102 Å². The first kappa shape index (κ1) is 59.1. The summed E-state index contributed by atoms with van der Waals surface area (Å²) in [5.41, 5.74) is 3.76. The van der Waals surface area contributed by atoms with Crippen LogP contribution in [0.25, 0.3) is 0 Å². The molecule has 4 aromatic carbocycles. The van der Waals surface area contributed by atoms with E-state index >= 15 is 0 Å². The molecule has 2 aliphatic rings. The maximum Gasteiger partial charge on any atom is -1.00 e. The molecule has 0 bridgehead atoms. The molecule has 6 rings (SSSR count). The van der Waals surface area contributed by atoms with Crippen LogP contribution in [0.4, 0.5) is 43.9 Å². The topological polar surface area (TPSA) is 18.5 Å². The van der Waals surface area contributed by atoms with Gasteiger partial charge in [0.2, 0.25) is 0 Å². The van der Waals surface area contributed by atoms with Crippen LogP contribution in [0.3, 0.4) is 0 Å². The summed E-state index contributed by atoms with van der Waals surface area (Å²) >= 11 is -7.42. The van der Waals surface area contributed by atoms with Gasteiger partial charge in [-0.05, 0) is 0 Å². The fraction of sp³-hybridized carbons (Fsp3) is 0.385. The fourth-order valence-corrected chi connectivity index (χ4v) is 14.3. The largest absolute Gasteiger partial charge is 1.00 e. The molecule has 0 atom stereocenters. The van der Waals surface area contributed by atoms with Gasteiger partial charge in [0.25, 0.3) is 0 Å². The summed E-state index contributed by atoms with van der Waals surface area (Å²) in [6.45, 7) is 27.9. The van der Waals surface area contributed by atoms with Crippen molar-refractivity contribution in [3.05, 3.63) is 160 Å². The van der Waals surface area contributed by atoms with Gasteiger partial charge < -0.3 is 24.8 Å². The first-order chi connectivity index (χ1) is 30.3. The summed E-state index contributed by atoms with van der Waals surface area (Å²) < 4.78 is 156. The van der Waals surface area contributed by atoms with E-state index in [1.54, 1.807) is 36.5 Å². The molecule has 0 radical (unpaired) electrons. The van der Waals surface area contributed by atoms with Gasteiger partial charge in [-0.25, -0.2) is 0 Å². The molecule has 68 heavy (non-hydrogen) atoms. The van der Waals surface area contributed by atoms with Crippen molar-refractivity contribution < 1.29 is 112 Å². The number of rotatable bonds is 8. The fourth-order valence-electron chi connectivity index (χ4n) is 7.59. The number of allylic oxidation sites excluding steroid dienone is 8. The Morgan fingerprint density at radius 3 is 0.794 bits per heavy atom. The molecule has 16 heteroatoms. The number of halogens is 12. The van der Waals surface area contributed by atoms with Crippen LogP contribution in [-0.2, 0) is 58.2 Å². The van der Waals surface area contributed by atoms with Gasteiger partial charge in [-0.1, -0.05) is 0 Å². The Labute approximate surface area is 419 Å². The Morgan fingerprint density at radius 1 is 0.382 bits per heavy atom. The van der Waals surface area contributed by atoms with Gasteiger partial charge in [-0.15, -0.1) is 0 Å². The quantitative estimate of drug-likeness (QED) is 0.0762. The number of hydrogen-bond donors (Lipinski definition) is 0. The van der Waals surface area contributed by atoms with Crippen LogP contribution in [0.15, 0.2) is 68.5 Å². The van der Waals surface area contributed by atoms with Crippen LogP contribution >= 0.6 is 0 Å². The van der Waals surface area contributed by atoms with Crippen LogP contribution < -0.4 is 39.2 Å². The summed E-state index contributed by atoms with van der Waals surface area (Å²) in [7, 11) is 0. The van der Waals surface area contributed by atoms with Crippen molar-refractivity contribution in [1.29, 1.82) is 0 Å². The predicted molar refractivity (Wildman–Crippen MR) is 234 cm³/mol. The van der Waals surface area contributed by atoms with E-state index in [0.717, 1.165) is 33.4 Å². The Kier molecular flexibility index (Phi) is 19.1. The zero-order valence-corrected chi connectivity index (χ0v) is 45.2. The third-order valence-corrected chi connectivity index (χ3v) is 18.2. The van der Waals surface area contributed by atoms with Crippen LogP contribution in [0.1, 0.15) is 129 Å². The zero-order valence-electron chi connectivity index (χ0n) is 40.5. The van der Waals surface area contributed by atoms with Crippen LogP contribution in [0.5, 0.6) is 11.5 Å². The molecule has 0 fully saturated rings. The maximum absolute atomic E-state index is 14.9. The van der Waals surface area contributed by atoms with Crippen LogP contribution in [0, 0.1) is 72.0 Å². The average Bonchev–Trinajstić information content (AvgIpc) is 3.96. The second kappa shape index (κ2) is 22.0. The average molecular weight is 1070 g/mol. The molecule has 0 spiro atoms. The van der Waals surface area contributed by atoms with Crippen molar-refractivity contribution in [2.24, 2.45) is 0 Å². The summed E-state index contributed by atoms with van der Waals surface area (Å²) in [4.78, 5) is 0. The van der Waals surface area contributed by atoms with Crippen molar-refractivity contribution in [2.45, 2.75) is 131 Å². The molecular weight excluding hydrogens is 1010 g/mol. The van der Waals surface area contributed by atoms with E-state index in [0.29, 0.717) is 32.1 Å². The third kappa shape index (κ3) is 12.4. The van der Waals surface area contributed by atoms with Gasteiger partial charge in [0.15, 0.2) is 0 Å². The van der Waals surface area contributed by atoms with E-state index in [2.05, 4.69) is 0 Å². The Morgan fingerprint density at radius 2 is 0.603 bits per heavy atom. The molecule has 368 valence electrons. The zero-order chi connectivity index (χ0) is 49.8. The minimum atomic E-state index is -3.71. The minimum Gasteiger partial charge on any atom is -1.00 e. The van der Waals surface area contributed by atoms with Crippen LogP contribution in [-0.4, -0.2) is 0 Å². The van der Waals surface area contributed by atoms with E-state index in [-0.39, 0.29) is 46.5 Å². The second-order valence-electron chi connectivity index (χ2n) is 20.8. The normalized spacial score (nSPS) is 13.6. The van der Waals surface area contributed by atoms with Crippen molar-refractivity contribution in [2.75, 3.05) is 0 Å². The number of hydrogen-bond acceptors (Lipinski definition) is 2. The molecule has 0 aliphatic heterocycles. The summed E-state index contributed by atoms with van der Waals surface area (Å²) in [6.07, 6.45) is 11.0. The van der Waals surface area contributed by atoms with E-state index in [1.807, 2.05) is 121 Å². The van der Waals surface area contributed by atoms with Gasteiger partial charge in [0.1, 0.15) is 0 Å². The Balaban J connectivity index is 0.000000350. The van der Waals surface area contributed by atoms with Crippen molar-refractivity contribution >= 4 is 7.74 Å². The van der Waals surface area contributed by atoms with Gasteiger partial charge in [0.05, 0.1) is 0 Å². The van der Waals surface area contributed by atoms with E-state index in [1.165, 1.54) is 0 Å². The summed E-state index contributed by atoms with van der Waals surface area (Å²) in [5, 5.41) is 0. The maximum atomic E-state index is 14.9. The van der Waals surface area contributed by atoms with Gasteiger partial charge in [-0.3, -0.25) is 0 Å². The van der Waals surface area contributed by atoms with E-state index in [4.69, 9.17) is 6.64 Å². The van der Waals surface area contributed by atoms with Crippen molar-refractivity contribution in [3.8, 4) is 11.5 Å².